The zero-order valence-corrected chi connectivity index (χ0v) is 39.5. The molecule has 0 aromatic heterocycles. The SMILES string of the molecule is C1=C(c2ccc(/C=C/c3ccc(-c4ccc(N(c5ccccc5)c5ccccc5)cc4)cc3)cc2)CC(c2ccc(/C=C/c3ccc(-c4ccc(N(c5ccccc5)c5ccccc5)cc4)cc3)cc2)=C1. The highest BCUT2D eigenvalue weighted by molar-refractivity contribution is 5.88. The molecule has 0 fully saturated rings. The number of rotatable bonds is 14. The van der Waals surface area contributed by atoms with Crippen LogP contribution in [0.25, 0.3) is 57.7 Å². The van der Waals surface area contributed by atoms with Crippen LogP contribution >= 0.6 is 0 Å². The van der Waals surface area contributed by atoms with Crippen molar-refractivity contribution in [1.29, 1.82) is 0 Å². The molecule has 10 aromatic rings. The van der Waals surface area contributed by atoms with Crippen LogP contribution in [0, 0.1) is 0 Å². The predicted octanol–water partition coefficient (Wildman–Crippen LogP) is 19.2. The van der Waals surface area contributed by atoms with Gasteiger partial charge >= 0.3 is 0 Å². The maximum atomic E-state index is 2.29. The number of nitrogens with zero attached hydrogens (tertiary/aromatic N) is 2. The number of benzene rings is 10. The Balaban J connectivity index is 0.668. The molecule has 338 valence electrons. The average Bonchev–Trinajstić information content (AvgIpc) is 3.95. The van der Waals surface area contributed by atoms with Crippen molar-refractivity contribution in [2.24, 2.45) is 0 Å². The summed E-state index contributed by atoms with van der Waals surface area (Å²) in [7, 11) is 0. The van der Waals surface area contributed by atoms with Gasteiger partial charge in [0.15, 0.2) is 0 Å². The third-order valence-corrected chi connectivity index (χ3v) is 13.2. The van der Waals surface area contributed by atoms with Gasteiger partial charge in [0.25, 0.3) is 0 Å². The van der Waals surface area contributed by atoms with Crippen LogP contribution in [0.3, 0.4) is 0 Å². The van der Waals surface area contributed by atoms with E-state index in [0.717, 1.165) is 40.5 Å². The molecule has 2 heteroatoms. The number of hydrogen-bond acceptors (Lipinski definition) is 2. The standard InChI is InChI=1S/C69H52N2/c1-5-13-64(14-6-1)70(65-15-7-2-8-16-65)68-47-43-58(44-48-68)56-33-25-52(26-34-56)21-23-54-29-37-60(38-30-54)62-41-42-63(51-62)61-39-31-55(32-40-61)24-22-53-27-35-57(36-28-53)59-45-49-69(50-46-59)71(66-17-9-3-10-18-66)67-19-11-4-12-20-67/h1-50H,51H2/b23-21+,24-22+. The van der Waals surface area contributed by atoms with E-state index in [0.29, 0.717) is 0 Å². The van der Waals surface area contributed by atoms with Crippen molar-refractivity contribution < 1.29 is 0 Å². The highest BCUT2D eigenvalue weighted by Crippen LogP contribution is 2.38. The van der Waals surface area contributed by atoms with E-state index in [1.54, 1.807) is 0 Å². The van der Waals surface area contributed by atoms with Gasteiger partial charge in [-0.1, -0.05) is 231 Å². The van der Waals surface area contributed by atoms with Gasteiger partial charge in [-0.05, 0) is 146 Å². The largest absolute Gasteiger partial charge is 0.311 e. The Kier molecular flexibility index (Phi) is 13.1. The fourth-order valence-corrected chi connectivity index (χ4v) is 9.30. The molecule has 0 atom stereocenters. The lowest BCUT2D eigenvalue weighted by Gasteiger charge is -2.25. The maximum Gasteiger partial charge on any atom is 0.0462 e. The molecule has 1 aliphatic carbocycles. The molecule has 10 aromatic carbocycles. The molecule has 0 aliphatic heterocycles. The van der Waals surface area contributed by atoms with Gasteiger partial charge in [0, 0.05) is 34.1 Å². The molecular formula is C69H52N2. The van der Waals surface area contributed by atoms with Gasteiger partial charge in [0.05, 0.1) is 0 Å². The quantitative estimate of drug-likeness (QED) is 0.100. The first kappa shape index (κ1) is 44.3. The summed E-state index contributed by atoms with van der Waals surface area (Å²) in [6.45, 7) is 0. The molecule has 0 spiro atoms. The molecule has 11 rings (SSSR count). The fourth-order valence-electron chi connectivity index (χ4n) is 9.30. The Morgan fingerprint density at radius 2 is 0.423 bits per heavy atom. The summed E-state index contributed by atoms with van der Waals surface area (Å²) in [6.07, 6.45) is 14.2. The first-order valence-corrected chi connectivity index (χ1v) is 24.4. The average molecular weight is 909 g/mol. The van der Waals surface area contributed by atoms with E-state index >= 15 is 0 Å². The summed E-state index contributed by atoms with van der Waals surface area (Å²) in [5.41, 5.74) is 21.5. The van der Waals surface area contributed by atoms with Gasteiger partial charge in [-0.25, -0.2) is 0 Å². The van der Waals surface area contributed by atoms with Crippen LogP contribution in [-0.4, -0.2) is 0 Å². The minimum Gasteiger partial charge on any atom is -0.311 e. The molecule has 1 aliphatic rings. The van der Waals surface area contributed by atoms with E-state index in [9.17, 15) is 0 Å². The Morgan fingerprint density at radius 3 is 0.676 bits per heavy atom. The van der Waals surface area contributed by atoms with Gasteiger partial charge in [0.1, 0.15) is 0 Å². The fraction of sp³-hybridized carbons (Fsp3) is 0.0145. The van der Waals surface area contributed by atoms with E-state index in [1.807, 2.05) is 0 Å². The summed E-state index contributed by atoms with van der Waals surface area (Å²) in [5.74, 6) is 0. The lowest BCUT2D eigenvalue weighted by Crippen LogP contribution is -2.09. The number of para-hydroxylation sites is 4. The maximum absolute atomic E-state index is 2.29. The summed E-state index contributed by atoms with van der Waals surface area (Å²) in [6, 6.07) is 95.2. The summed E-state index contributed by atoms with van der Waals surface area (Å²) in [4.78, 5) is 4.58. The normalized spacial score (nSPS) is 12.2. The molecule has 71 heavy (non-hydrogen) atoms. The molecule has 0 unspecified atom stereocenters. The second kappa shape index (κ2) is 21.0. The Labute approximate surface area is 418 Å². The number of allylic oxidation sites excluding steroid dienone is 4. The minimum atomic E-state index is 0.922. The summed E-state index contributed by atoms with van der Waals surface area (Å²) >= 11 is 0. The summed E-state index contributed by atoms with van der Waals surface area (Å²) in [5, 5.41) is 0. The van der Waals surface area contributed by atoms with Crippen LogP contribution in [0.2, 0.25) is 0 Å². The number of hydrogen-bond donors (Lipinski definition) is 0. The van der Waals surface area contributed by atoms with Crippen molar-refractivity contribution in [2.75, 3.05) is 9.80 Å². The Morgan fingerprint density at radius 1 is 0.211 bits per heavy atom. The highest BCUT2D eigenvalue weighted by Gasteiger charge is 2.15. The highest BCUT2D eigenvalue weighted by atomic mass is 15.1. The summed E-state index contributed by atoms with van der Waals surface area (Å²) < 4.78 is 0. The first-order valence-electron chi connectivity index (χ1n) is 24.4. The van der Waals surface area contributed by atoms with Gasteiger partial charge in [-0.3, -0.25) is 0 Å². The molecule has 0 saturated heterocycles. The molecular weight excluding hydrogens is 857 g/mol. The van der Waals surface area contributed by atoms with Gasteiger partial charge in [0.2, 0.25) is 0 Å². The first-order chi connectivity index (χ1) is 35.2. The molecule has 0 bridgehead atoms. The Hall–Kier alpha value is -9.24. The topological polar surface area (TPSA) is 6.48 Å². The van der Waals surface area contributed by atoms with Crippen molar-refractivity contribution in [3.05, 3.63) is 312 Å². The molecule has 2 nitrogen and oxygen atoms in total. The second-order valence-corrected chi connectivity index (χ2v) is 17.8. The zero-order chi connectivity index (χ0) is 47.6. The van der Waals surface area contributed by atoms with E-state index in [2.05, 4.69) is 313 Å². The monoisotopic (exact) mass is 908 g/mol. The van der Waals surface area contributed by atoms with Gasteiger partial charge in [-0.2, -0.15) is 0 Å². The van der Waals surface area contributed by atoms with E-state index < -0.39 is 0 Å². The van der Waals surface area contributed by atoms with Crippen molar-refractivity contribution in [3.8, 4) is 22.3 Å². The van der Waals surface area contributed by atoms with Crippen LogP contribution in [-0.2, 0) is 0 Å². The van der Waals surface area contributed by atoms with Crippen molar-refractivity contribution in [1.82, 2.24) is 0 Å². The molecule has 0 heterocycles. The van der Waals surface area contributed by atoms with E-state index in [4.69, 9.17) is 0 Å². The molecule has 0 radical (unpaired) electrons. The predicted molar refractivity (Wildman–Crippen MR) is 304 cm³/mol. The third-order valence-electron chi connectivity index (χ3n) is 13.2. The lowest BCUT2D eigenvalue weighted by atomic mass is 9.97. The van der Waals surface area contributed by atoms with E-state index in [1.165, 1.54) is 66.8 Å². The van der Waals surface area contributed by atoms with Crippen LogP contribution in [0.15, 0.2) is 279 Å². The smallest absolute Gasteiger partial charge is 0.0462 e. The van der Waals surface area contributed by atoms with Crippen LogP contribution in [0.4, 0.5) is 34.1 Å². The zero-order valence-electron chi connectivity index (χ0n) is 39.5. The number of anilines is 6. The van der Waals surface area contributed by atoms with Crippen molar-refractivity contribution in [3.63, 3.8) is 0 Å². The Bertz CT molecular complexity index is 3130. The third kappa shape index (κ3) is 10.4. The molecule has 0 amide bonds. The molecule has 0 N–H and O–H groups in total. The van der Waals surface area contributed by atoms with E-state index in [-0.39, 0.29) is 0 Å². The van der Waals surface area contributed by atoms with Crippen LogP contribution in [0.5, 0.6) is 0 Å². The van der Waals surface area contributed by atoms with Crippen molar-refractivity contribution in [2.45, 2.75) is 6.42 Å². The van der Waals surface area contributed by atoms with Crippen LogP contribution < -0.4 is 9.80 Å². The van der Waals surface area contributed by atoms with Gasteiger partial charge in [-0.15, -0.1) is 0 Å². The second-order valence-electron chi connectivity index (χ2n) is 17.8. The van der Waals surface area contributed by atoms with Crippen molar-refractivity contribution >= 4 is 69.6 Å². The molecule has 0 saturated carbocycles. The van der Waals surface area contributed by atoms with Crippen LogP contribution in [0.1, 0.15) is 39.8 Å². The minimum absolute atomic E-state index is 0.922. The lowest BCUT2D eigenvalue weighted by molar-refractivity contribution is 1.28. The van der Waals surface area contributed by atoms with Gasteiger partial charge < -0.3 is 9.80 Å².